The summed E-state index contributed by atoms with van der Waals surface area (Å²) < 4.78 is 0. The highest BCUT2D eigenvalue weighted by atomic mass is 32.1. The van der Waals surface area contributed by atoms with Gasteiger partial charge in [0.05, 0.1) is 24.8 Å². The van der Waals surface area contributed by atoms with Crippen molar-refractivity contribution < 1.29 is 4.79 Å². The number of benzene rings is 1. The van der Waals surface area contributed by atoms with E-state index in [1.807, 2.05) is 35.2 Å². The van der Waals surface area contributed by atoms with Gasteiger partial charge in [-0.3, -0.25) is 4.79 Å². The van der Waals surface area contributed by atoms with E-state index in [1.54, 1.807) is 12.5 Å². The molecule has 0 saturated heterocycles. The molecule has 6 heteroatoms. The molecule has 0 fully saturated rings. The topological polar surface area (TPSA) is 61.9 Å². The van der Waals surface area contributed by atoms with Crippen LogP contribution < -0.4 is 0 Å². The fraction of sp³-hybridized carbons (Fsp3) is 0.188. The Labute approximate surface area is 131 Å². The minimum atomic E-state index is 0.0355. The molecule has 0 unspecified atom stereocenters. The van der Waals surface area contributed by atoms with Crippen LogP contribution in [0, 0.1) is 0 Å². The molecule has 0 spiro atoms. The maximum absolute atomic E-state index is 12.6. The third-order valence-electron chi connectivity index (χ3n) is 3.80. The first-order valence-electron chi connectivity index (χ1n) is 7.13. The quantitative estimate of drug-likeness (QED) is 0.791. The number of fused-ring (bicyclic) bond motifs is 1. The lowest BCUT2D eigenvalue weighted by molar-refractivity contribution is 0.0736. The number of nitrogens with one attached hydrogen (secondary N) is 1. The molecule has 0 aliphatic carbocycles. The van der Waals surface area contributed by atoms with E-state index in [0.717, 1.165) is 28.4 Å². The van der Waals surface area contributed by atoms with E-state index >= 15 is 0 Å². The van der Waals surface area contributed by atoms with Crippen LogP contribution in [0.5, 0.6) is 0 Å². The van der Waals surface area contributed by atoms with Gasteiger partial charge in [-0.15, -0.1) is 11.3 Å². The van der Waals surface area contributed by atoms with Crippen molar-refractivity contribution in [2.75, 3.05) is 6.54 Å². The summed E-state index contributed by atoms with van der Waals surface area (Å²) in [5.74, 6) is 0.0355. The zero-order valence-electron chi connectivity index (χ0n) is 11.8. The van der Waals surface area contributed by atoms with Gasteiger partial charge in [-0.1, -0.05) is 30.3 Å². The first-order valence-corrected chi connectivity index (χ1v) is 7.94. The van der Waals surface area contributed by atoms with Gasteiger partial charge in [0.2, 0.25) is 0 Å². The van der Waals surface area contributed by atoms with Crippen LogP contribution in [0.2, 0.25) is 0 Å². The molecule has 5 nitrogen and oxygen atoms in total. The van der Waals surface area contributed by atoms with Crippen LogP contribution in [-0.2, 0) is 13.0 Å². The molecular formula is C16H14N4OS. The van der Waals surface area contributed by atoms with Crippen molar-refractivity contribution in [1.29, 1.82) is 0 Å². The molecule has 3 aromatic rings. The second-order valence-corrected chi connectivity index (χ2v) is 6.23. The molecule has 1 amide bonds. The normalized spacial score (nSPS) is 13.9. The Balaban J connectivity index is 1.56. The summed E-state index contributed by atoms with van der Waals surface area (Å²) in [5.41, 5.74) is 3.14. The lowest BCUT2D eigenvalue weighted by Gasteiger charge is -2.25. The van der Waals surface area contributed by atoms with Gasteiger partial charge in [-0.2, -0.15) is 0 Å². The largest absolute Gasteiger partial charge is 0.348 e. The van der Waals surface area contributed by atoms with Crippen molar-refractivity contribution in [3.8, 4) is 10.6 Å². The van der Waals surface area contributed by atoms with Crippen LogP contribution in [0.25, 0.3) is 10.6 Å². The second-order valence-electron chi connectivity index (χ2n) is 5.20. The Hall–Kier alpha value is -2.47. The highest BCUT2D eigenvalue weighted by Gasteiger charge is 2.24. The number of hydrogen-bond acceptors (Lipinski definition) is 4. The number of imidazole rings is 1. The maximum atomic E-state index is 12.6. The zero-order valence-corrected chi connectivity index (χ0v) is 12.6. The molecule has 0 bridgehead atoms. The number of carbonyl (C=O) groups excluding carboxylic acids is 1. The van der Waals surface area contributed by atoms with E-state index in [0.29, 0.717) is 18.0 Å². The van der Waals surface area contributed by atoms with Crippen LogP contribution in [0.1, 0.15) is 21.1 Å². The van der Waals surface area contributed by atoms with Gasteiger partial charge < -0.3 is 9.88 Å². The van der Waals surface area contributed by atoms with Crippen LogP contribution in [0.4, 0.5) is 0 Å². The predicted octanol–water partition coefficient (Wildman–Crippen LogP) is 2.73. The van der Waals surface area contributed by atoms with Crippen molar-refractivity contribution >= 4 is 17.2 Å². The first-order chi connectivity index (χ1) is 10.8. The van der Waals surface area contributed by atoms with Gasteiger partial charge in [0.1, 0.15) is 9.88 Å². The number of aromatic nitrogens is 3. The standard InChI is InChI=1S/C16H14N4OS/c21-16(20-7-6-12-13(9-20)19-10-18-12)14-8-17-15(22-14)11-4-2-1-3-5-11/h1-5,8,10H,6-7,9H2,(H,18,19). The molecule has 1 N–H and O–H groups in total. The molecule has 4 rings (SSSR count). The van der Waals surface area contributed by atoms with Crippen LogP contribution in [0.3, 0.4) is 0 Å². The van der Waals surface area contributed by atoms with E-state index < -0.39 is 0 Å². The van der Waals surface area contributed by atoms with Crippen molar-refractivity contribution in [2.24, 2.45) is 0 Å². The average molecular weight is 310 g/mol. The summed E-state index contributed by atoms with van der Waals surface area (Å²) >= 11 is 1.44. The molecule has 1 aliphatic heterocycles. The molecular weight excluding hydrogens is 296 g/mol. The van der Waals surface area contributed by atoms with Crippen molar-refractivity contribution in [2.45, 2.75) is 13.0 Å². The summed E-state index contributed by atoms with van der Waals surface area (Å²) in [6.45, 7) is 1.28. The van der Waals surface area contributed by atoms with Gasteiger partial charge in [0.15, 0.2) is 0 Å². The van der Waals surface area contributed by atoms with Crippen molar-refractivity contribution in [3.05, 3.63) is 59.1 Å². The number of hydrogen-bond donors (Lipinski definition) is 1. The lowest BCUT2D eigenvalue weighted by Crippen LogP contribution is -2.35. The van der Waals surface area contributed by atoms with Crippen LogP contribution in [0.15, 0.2) is 42.9 Å². The molecule has 1 aliphatic rings. The maximum Gasteiger partial charge on any atom is 0.265 e. The Bertz CT molecular complexity index is 808. The number of aromatic amines is 1. The lowest BCUT2D eigenvalue weighted by atomic mass is 10.1. The highest BCUT2D eigenvalue weighted by Crippen LogP contribution is 2.26. The smallest absolute Gasteiger partial charge is 0.265 e. The van der Waals surface area contributed by atoms with E-state index in [4.69, 9.17) is 0 Å². The SMILES string of the molecule is O=C(c1cnc(-c2ccccc2)s1)N1CCc2[nH]cnc2C1. The van der Waals surface area contributed by atoms with Gasteiger partial charge in [0, 0.05) is 24.2 Å². The van der Waals surface area contributed by atoms with E-state index in [2.05, 4.69) is 15.0 Å². The van der Waals surface area contributed by atoms with E-state index in [-0.39, 0.29) is 5.91 Å². The van der Waals surface area contributed by atoms with Crippen molar-refractivity contribution in [3.63, 3.8) is 0 Å². The summed E-state index contributed by atoms with van der Waals surface area (Å²) in [6.07, 6.45) is 4.19. The number of rotatable bonds is 2. The first kappa shape index (κ1) is 13.2. The second kappa shape index (κ2) is 5.38. The van der Waals surface area contributed by atoms with Gasteiger partial charge in [0.25, 0.3) is 5.91 Å². The van der Waals surface area contributed by atoms with Crippen LogP contribution in [-0.4, -0.2) is 32.3 Å². The van der Waals surface area contributed by atoms with Gasteiger partial charge in [-0.25, -0.2) is 9.97 Å². The minimum absolute atomic E-state index is 0.0355. The third kappa shape index (κ3) is 2.31. The molecule has 0 radical (unpaired) electrons. The molecule has 1 aromatic carbocycles. The fourth-order valence-electron chi connectivity index (χ4n) is 2.63. The van der Waals surface area contributed by atoms with E-state index in [9.17, 15) is 4.79 Å². The number of H-pyrrole nitrogens is 1. The van der Waals surface area contributed by atoms with E-state index in [1.165, 1.54) is 11.3 Å². The zero-order chi connectivity index (χ0) is 14.9. The molecule has 2 aromatic heterocycles. The summed E-state index contributed by atoms with van der Waals surface area (Å²) in [6, 6.07) is 9.93. The Morgan fingerprint density at radius 1 is 1.23 bits per heavy atom. The molecule has 0 atom stereocenters. The van der Waals surface area contributed by atoms with Gasteiger partial charge in [-0.05, 0) is 0 Å². The predicted molar refractivity (Wildman–Crippen MR) is 84.6 cm³/mol. The summed E-state index contributed by atoms with van der Waals surface area (Å²) in [4.78, 5) is 26.9. The van der Waals surface area contributed by atoms with Crippen molar-refractivity contribution in [1.82, 2.24) is 19.9 Å². The molecule has 22 heavy (non-hydrogen) atoms. The number of nitrogens with zero attached hydrogens (tertiary/aromatic N) is 3. The number of thiazole rings is 1. The Kier molecular flexibility index (Phi) is 3.23. The number of carbonyl (C=O) groups is 1. The van der Waals surface area contributed by atoms with Crippen LogP contribution >= 0.6 is 11.3 Å². The average Bonchev–Trinajstić information content (AvgIpc) is 3.23. The molecule has 110 valence electrons. The molecule has 3 heterocycles. The Morgan fingerprint density at radius 2 is 2.09 bits per heavy atom. The highest BCUT2D eigenvalue weighted by molar-refractivity contribution is 7.16. The minimum Gasteiger partial charge on any atom is -0.348 e. The van der Waals surface area contributed by atoms with Gasteiger partial charge >= 0.3 is 0 Å². The summed E-state index contributed by atoms with van der Waals surface area (Å²) in [5, 5.41) is 0.876. The summed E-state index contributed by atoms with van der Waals surface area (Å²) in [7, 11) is 0. The monoisotopic (exact) mass is 310 g/mol. The Morgan fingerprint density at radius 3 is 2.95 bits per heavy atom. The number of amides is 1. The third-order valence-corrected chi connectivity index (χ3v) is 4.84. The fourth-order valence-corrected chi connectivity index (χ4v) is 3.51. The molecule has 0 saturated carbocycles.